The average molecular weight is 215 g/mol. The quantitative estimate of drug-likeness (QED) is 0.681. The van der Waals surface area contributed by atoms with Crippen LogP contribution in [0.4, 0.5) is 0 Å². The van der Waals surface area contributed by atoms with Crippen molar-refractivity contribution in [1.82, 2.24) is 0 Å². The van der Waals surface area contributed by atoms with E-state index in [1.54, 1.807) is 0 Å². The Morgan fingerprint density at radius 2 is 1.79 bits per heavy atom. The van der Waals surface area contributed by atoms with Crippen molar-refractivity contribution in [3.63, 3.8) is 0 Å². The molecule has 0 aromatic heterocycles. The highest BCUT2D eigenvalue weighted by Crippen LogP contribution is 2.61. The highest BCUT2D eigenvalue weighted by atomic mass is 35.5. The van der Waals surface area contributed by atoms with Crippen molar-refractivity contribution in [2.45, 2.75) is 37.5 Å². The van der Waals surface area contributed by atoms with Gasteiger partial charge in [-0.2, -0.15) is 0 Å². The Morgan fingerprint density at radius 1 is 1.21 bits per heavy atom. The van der Waals surface area contributed by atoms with Gasteiger partial charge in [-0.15, -0.1) is 11.6 Å². The molecule has 0 aromatic rings. The first kappa shape index (κ1) is 9.02. The zero-order valence-corrected chi connectivity index (χ0v) is 8.83. The Kier molecular flexibility index (Phi) is 1.71. The molecule has 14 heavy (non-hydrogen) atoms. The van der Waals surface area contributed by atoms with Crippen LogP contribution in [0.3, 0.4) is 0 Å². The van der Waals surface area contributed by atoms with Gasteiger partial charge in [-0.3, -0.25) is 4.79 Å². The van der Waals surface area contributed by atoms with Gasteiger partial charge in [0, 0.05) is 5.38 Å². The van der Waals surface area contributed by atoms with E-state index in [-0.39, 0.29) is 10.8 Å². The maximum Gasteiger partial charge on any atom is 0.309 e. The predicted octanol–water partition coefficient (Wildman–Crippen LogP) is 2.50. The number of hydrogen-bond acceptors (Lipinski definition) is 1. The summed E-state index contributed by atoms with van der Waals surface area (Å²) in [5, 5.41) is 9.58. The Bertz CT molecular complexity index is 273. The lowest BCUT2D eigenvalue weighted by Crippen LogP contribution is -2.54. The Hall–Kier alpha value is -0.240. The van der Waals surface area contributed by atoms with E-state index in [9.17, 15) is 9.90 Å². The first-order chi connectivity index (χ1) is 6.61. The van der Waals surface area contributed by atoms with Crippen LogP contribution in [0, 0.1) is 23.2 Å². The zero-order chi connectivity index (χ0) is 9.92. The molecular weight excluding hydrogens is 200 g/mol. The van der Waals surface area contributed by atoms with Crippen molar-refractivity contribution in [3.05, 3.63) is 0 Å². The average Bonchev–Trinajstić information content (AvgIpc) is 2.12. The largest absolute Gasteiger partial charge is 0.481 e. The van der Waals surface area contributed by atoms with Gasteiger partial charge in [0.05, 0.1) is 5.41 Å². The maximum absolute atomic E-state index is 11.3. The lowest BCUT2D eigenvalue weighted by Gasteiger charge is -2.56. The number of alkyl halides is 1. The fourth-order valence-corrected chi connectivity index (χ4v) is 4.61. The van der Waals surface area contributed by atoms with Crippen LogP contribution in [0.25, 0.3) is 0 Å². The van der Waals surface area contributed by atoms with E-state index in [1.807, 2.05) is 0 Å². The second-order valence-corrected chi connectivity index (χ2v) is 6.00. The molecule has 0 aliphatic heterocycles. The number of carboxylic acids is 1. The van der Waals surface area contributed by atoms with Crippen LogP contribution in [-0.4, -0.2) is 16.5 Å². The highest BCUT2D eigenvalue weighted by molar-refractivity contribution is 6.21. The summed E-state index contributed by atoms with van der Waals surface area (Å²) >= 11 is 6.34. The number of rotatable bonds is 1. The third-order valence-electron chi connectivity index (χ3n) is 4.61. The molecule has 78 valence electrons. The topological polar surface area (TPSA) is 37.3 Å². The van der Waals surface area contributed by atoms with E-state index in [1.165, 1.54) is 12.8 Å². The van der Waals surface area contributed by atoms with Crippen molar-refractivity contribution >= 4 is 17.6 Å². The van der Waals surface area contributed by atoms with Gasteiger partial charge in [0.1, 0.15) is 0 Å². The van der Waals surface area contributed by atoms with Crippen molar-refractivity contribution in [2.24, 2.45) is 23.2 Å². The van der Waals surface area contributed by atoms with Crippen molar-refractivity contribution in [3.8, 4) is 0 Å². The smallest absolute Gasteiger partial charge is 0.309 e. The van der Waals surface area contributed by atoms with Crippen LogP contribution in [0.2, 0.25) is 0 Å². The molecule has 0 radical (unpaired) electrons. The van der Waals surface area contributed by atoms with Gasteiger partial charge in [-0.25, -0.2) is 0 Å². The second kappa shape index (κ2) is 2.66. The van der Waals surface area contributed by atoms with Crippen LogP contribution in [-0.2, 0) is 4.79 Å². The summed E-state index contributed by atoms with van der Waals surface area (Å²) in [6, 6.07) is 0. The molecule has 0 amide bonds. The molecule has 4 aliphatic rings. The molecule has 3 heteroatoms. The van der Waals surface area contributed by atoms with Gasteiger partial charge >= 0.3 is 5.97 Å². The molecule has 5 atom stereocenters. The molecule has 4 aliphatic carbocycles. The summed E-state index contributed by atoms with van der Waals surface area (Å²) in [5.41, 5.74) is -0.387. The van der Waals surface area contributed by atoms with E-state index in [0.29, 0.717) is 17.8 Å². The molecule has 0 spiro atoms. The number of carboxylic acid groups (broad SMARTS) is 1. The fourth-order valence-electron chi connectivity index (χ4n) is 4.22. The van der Waals surface area contributed by atoms with Gasteiger partial charge in [0.25, 0.3) is 0 Å². The predicted molar refractivity (Wildman–Crippen MR) is 53.3 cm³/mol. The van der Waals surface area contributed by atoms with Crippen LogP contribution >= 0.6 is 11.6 Å². The number of carbonyl (C=O) groups is 1. The van der Waals surface area contributed by atoms with Crippen LogP contribution < -0.4 is 0 Å². The van der Waals surface area contributed by atoms with E-state index in [2.05, 4.69) is 0 Å². The molecule has 1 N–H and O–H groups in total. The normalized spacial score (nSPS) is 54.9. The van der Waals surface area contributed by atoms with Gasteiger partial charge in [0.2, 0.25) is 0 Å². The summed E-state index contributed by atoms with van der Waals surface area (Å²) in [7, 11) is 0. The molecule has 4 rings (SSSR count). The third-order valence-corrected chi connectivity index (χ3v) is 5.32. The molecule has 4 fully saturated rings. The molecular formula is C11H15ClO2. The maximum atomic E-state index is 11.3. The second-order valence-electron chi connectivity index (χ2n) is 5.50. The van der Waals surface area contributed by atoms with Crippen molar-refractivity contribution in [1.29, 1.82) is 0 Å². The van der Waals surface area contributed by atoms with Crippen LogP contribution in [0.1, 0.15) is 32.1 Å². The van der Waals surface area contributed by atoms with E-state index in [4.69, 9.17) is 11.6 Å². The molecule has 0 heterocycles. The monoisotopic (exact) mass is 214 g/mol. The summed E-state index contributed by atoms with van der Waals surface area (Å²) in [6.07, 6.45) is 4.95. The molecule has 4 bridgehead atoms. The van der Waals surface area contributed by atoms with Crippen molar-refractivity contribution < 1.29 is 9.90 Å². The fraction of sp³-hybridized carbons (Fsp3) is 0.909. The standard InChI is InChI=1S/C11H15ClO2/c12-9-7-1-6-2-8(9)5-11(3-6,4-7)10(13)14/h6-9H,1-5H2,(H,13,14)/t6?,7-,8+,9?,11?. The Balaban J connectivity index is 1.96. The summed E-state index contributed by atoms with van der Waals surface area (Å²) in [4.78, 5) is 11.3. The minimum absolute atomic E-state index is 0.263. The number of hydrogen-bond donors (Lipinski definition) is 1. The zero-order valence-electron chi connectivity index (χ0n) is 8.08. The van der Waals surface area contributed by atoms with Crippen molar-refractivity contribution in [2.75, 3.05) is 0 Å². The number of aliphatic carboxylic acids is 1. The van der Waals surface area contributed by atoms with Crippen LogP contribution in [0.5, 0.6) is 0 Å². The lowest BCUT2D eigenvalue weighted by atomic mass is 9.49. The molecule has 4 saturated carbocycles. The minimum atomic E-state index is -0.569. The summed E-state index contributed by atoms with van der Waals surface area (Å²) < 4.78 is 0. The van der Waals surface area contributed by atoms with Gasteiger partial charge in [0.15, 0.2) is 0 Å². The lowest BCUT2D eigenvalue weighted by molar-refractivity contribution is -0.164. The van der Waals surface area contributed by atoms with E-state index in [0.717, 1.165) is 19.3 Å². The Labute approximate surface area is 88.6 Å². The van der Waals surface area contributed by atoms with E-state index < -0.39 is 5.97 Å². The highest BCUT2D eigenvalue weighted by Gasteiger charge is 2.58. The van der Waals surface area contributed by atoms with Gasteiger partial charge in [-0.05, 0) is 49.9 Å². The molecule has 2 nitrogen and oxygen atoms in total. The summed E-state index contributed by atoms with van der Waals surface area (Å²) in [5.74, 6) is 1.05. The third kappa shape index (κ3) is 1.01. The SMILES string of the molecule is O=C(O)C12CC3C[C@H](C1)C(Cl)[C@@H](C3)C2. The molecule has 0 saturated heterocycles. The van der Waals surface area contributed by atoms with Gasteiger partial charge in [-0.1, -0.05) is 0 Å². The first-order valence-electron chi connectivity index (χ1n) is 5.48. The molecule has 0 aromatic carbocycles. The Morgan fingerprint density at radius 3 is 2.29 bits per heavy atom. The minimum Gasteiger partial charge on any atom is -0.481 e. The number of halogens is 1. The van der Waals surface area contributed by atoms with E-state index >= 15 is 0 Å². The first-order valence-corrected chi connectivity index (χ1v) is 5.92. The van der Waals surface area contributed by atoms with Gasteiger partial charge < -0.3 is 5.11 Å². The van der Waals surface area contributed by atoms with Crippen LogP contribution in [0.15, 0.2) is 0 Å². The summed E-state index contributed by atoms with van der Waals surface area (Å²) in [6.45, 7) is 0. The molecule has 3 unspecified atom stereocenters.